The van der Waals surface area contributed by atoms with E-state index in [2.05, 4.69) is 26.1 Å². The third-order valence-corrected chi connectivity index (χ3v) is 1.54. The predicted molar refractivity (Wildman–Crippen MR) is 38.7 cm³/mol. The minimum absolute atomic E-state index is 0.0834. The zero-order valence-corrected chi connectivity index (χ0v) is 7.21. The molecule has 1 heterocycles. The Hall–Kier alpha value is -0.710. The first-order valence-electron chi connectivity index (χ1n) is 2.69. The van der Waals surface area contributed by atoms with Crippen molar-refractivity contribution in [1.82, 2.24) is 15.0 Å². The molecule has 0 saturated heterocycles. The fourth-order valence-corrected chi connectivity index (χ4v) is 1.19. The maximum Gasteiger partial charge on any atom is 0.182 e. The van der Waals surface area contributed by atoms with Gasteiger partial charge in [0.25, 0.3) is 0 Å². The summed E-state index contributed by atoms with van der Waals surface area (Å²) in [7, 11) is 1.66. The molecular formula is C5H6BrN3O. The number of Topliss-reactive ketones (excluding diaryl/α,β-unsaturated/α-hetero) is 1. The maximum absolute atomic E-state index is 10.7. The van der Waals surface area contributed by atoms with Gasteiger partial charge in [-0.2, -0.15) is 4.80 Å². The number of ketones is 1. The van der Waals surface area contributed by atoms with E-state index >= 15 is 0 Å². The molecule has 54 valence electrons. The van der Waals surface area contributed by atoms with Crippen molar-refractivity contribution in [2.24, 2.45) is 7.05 Å². The minimum atomic E-state index is -0.0834. The van der Waals surface area contributed by atoms with Gasteiger partial charge in [0.2, 0.25) is 0 Å². The van der Waals surface area contributed by atoms with Crippen molar-refractivity contribution in [2.75, 3.05) is 0 Å². The first-order valence-corrected chi connectivity index (χ1v) is 3.48. The van der Waals surface area contributed by atoms with Crippen molar-refractivity contribution in [3.05, 3.63) is 10.3 Å². The van der Waals surface area contributed by atoms with Crippen molar-refractivity contribution in [2.45, 2.75) is 6.92 Å². The lowest BCUT2D eigenvalue weighted by atomic mass is 10.3. The zero-order valence-electron chi connectivity index (χ0n) is 5.63. The van der Waals surface area contributed by atoms with Crippen molar-refractivity contribution < 1.29 is 4.79 Å². The number of rotatable bonds is 1. The van der Waals surface area contributed by atoms with E-state index in [0.29, 0.717) is 10.3 Å². The summed E-state index contributed by atoms with van der Waals surface area (Å²) in [6.07, 6.45) is 0. The highest BCUT2D eigenvalue weighted by molar-refractivity contribution is 9.10. The summed E-state index contributed by atoms with van der Waals surface area (Å²) in [6, 6.07) is 0. The van der Waals surface area contributed by atoms with Gasteiger partial charge in [-0.3, -0.25) is 4.79 Å². The van der Waals surface area contributed by atoms with Gasteiger partial charge in [-0.15, -0.1) is 10.2 Å². The molecule has 0 aliphatic rings. The van der Waals surface area contributed by atoms with E-state index in [4.69, 9.17) is 0 Å². The molecule has 0 N–H and O–H groups in total. The van der Waals surface area contributed by atoms with Crippen LogP contribution in [-0.2, 0) is 7.05 Å². The number of aryl methyl sites for hydroxylation is 1. The molecule has 0 aromatic carbocycles. The second-order valence-corrected chi connectivity index (χ2v) is 2.64. The number of carbonyl (C=O) groups excluding carboxylic acids is 1. The SMILES string of the molecule is CC(=O)c1nn(C)nc1Br. The summed E-state index contributed by atoms with van der Waals surface area (Å²) >= 11 is 3.10. The smallest absolute Gasteiger partial charge is 0.182 e. The maximum atomic E-state index is 10.7. The zero-order chi connectivity index (χ0) is 7.72. The third-order valence-electron chi connectivity index (χ3n) is 1.01. The Kier molecular flexibility index (Phi) is 1.85. The average Bonchev–Trinajstić information content (AvgIpc) is 2.10. The Labute approximate surface area is 66.4 Å². The Bertz CT molecular complexity index is 268. The van der Waals surface area contributed by atoms with Gasteiger partial charge in [0, 0.05) is 14.0 Å². The predicted octanol–water partition coefficient (Wildman–Crippen LogP) is 0.780. The van der Waals surface area contributed by atoms with Crippen LogP contribution in [0.5, 0.6) is 0 Å². The van der Waals surface area contributed by atoms with E-state index in [0.717, 1.165) is 0 Å². The number of nitrogens with zero attached hydrogens (tertiary/aromatic N) is 3. The van der Waals surface area contributed by atoms with Crippen molar-refractivity contribution in [1.29, 1.82) is 0 Å². The van der Waals surface area contributed by atoms with Crippen LogP contribution in [0.15, 0.2) is 4.60 Å². The molecule has 1 aromatic rings. The lowest BCUT2D eigenvalue weighted by Gasteiger charge is -1.82. The van der Waals surface area contributed by atoms with Crippen LogP contribution in [0.25, 0.3) is 0 Å². The average molecular weight is 204 g/mol. The molecular weight excluding hydrogens is 198 g/mol. The highest BCUT2D eigenvalue weighted by atomic mass is 79.9. The highest BCUT2D eigenvalue weighted by Crippen LogP contribution is 2.09. The largest absolute Gasteiger partial charge is 0.293 e. The second kappa shape index (κ2) is 2.49. The number of carbonyl (C=O) groups is 1. The number of hydrogen-bond acceptors (Lipinski definition) is 3. The topological polar surface area (TPSA) is 47.8 Å². The molecule has 0 aliphatic heterocycles. The van der Waals surface area contributed by atoms with Gasteiger partial charge in [0.05, 0.1) is 0 Å². The molecule has 0 saturated carbocycles. The summed E-state index contributed by atoms with van der Waals surface area (Å²) in [5.74, 6) is -0.0834. The van der Waals surface area contributed by atoms with Crippen LogP contribution >= 0.6 is 15.9 Å². The van der Waals surface area contributed by atoms with E-state index < -0.39 is 0 Å². The molecule has 0 bridgehead atoms. The summed E-state index contributed by atoms with van der Waals surface area (Å²) in [4.78, 5) is 12.1. The Morgan fingerprint density at radius 2 is 2.20 bits per heavy atom. The van der Waals surface area contributed by atoms with Crippen molar-refractivity contribution in [3.8, 4) is 0 Å². The van der Waals surface area contributed by atoms with Crippen LogP contribution in [0, 0.1) is 0 Å². The van der Waals surface area contributed by atoms with E-state index in [9.17, 15) is 4.79 Å². The third kappa shape index (κ3) is 1.23. The minimum Gasteiger partial charge on any atom is -0.293 e. The summed E-state index contributed by atoms with van der Waals surface area (Å²) in [5, 5.41) is 7.65. The van der Waals surface area contributed by atoms with E-state index in [1.165, 1.54) is 11.7 Å². The fourth-order valence-electron chi connectivity index (χ4n) is 0.598. The normalized spacial score (nSPS) is 9.90. The molecule has 1 aromatic heterocycles. The molecule has 0 unspecified atom stereocenters. The van der Waals surface area contributed by atoms with Crippen LogP contribution < -0.4 is 0 Å². The Balaban J connectivity index is 3.15. The summed E-state index contributed by atoms with van der Waals surface area (Å²) in [6.45, 7) is 1.45. The van der Waals surface area contributed by atoms with Gasteiger partial charge in [-0.25, -0.2) is 0 Å². The molecule has 1 rings (SSSR count). The Morgan fingerprint density at radius 1 is 1.60 bits per heavy atom. The van der Waals surface area contributed by atoms with E-state index in [1.807, 2.05) is 0 Å². The fraction of sp³-hybridized carbons (Fsp3) is 0.400. The molecule has 0 atom stereocenters. The van der Waals surface area contributed by atoms with Gasteiger partial charge in [0.1, 0.15) is 0 Å². The number of hydrogen-bond donors (Lipinski definition) is 0. The van der Waals surface area contributed by atoms with Crippen LogP contribution in [0.2, 0.25) is 0 Å². The molecule has 5 heteroatoms. The van der Waals surface area contributed by atoms with Gasteiger partial charge < -0.3 is 0 Å². The van der Waals surface area contributed by atoms with Gasteiger partial charge in [0.15, 0.2) is 16.1 Å². The van der Waals surface area contributed by atoms with Crippen LogP contribution in [0.4, 0.5) is 0 Å². The lowest BCUT2D eigenvalue weighted by molar-refractivity contribution is 0.101. The molecule has 0 aliphatic carbocycles. The molecule has 0 radical (unpaired) electrons. The van der Waals surface area contributed by atoms with Gasteiger partial charge in [-0.05, 0) is 15.9 Å². The first-order chi connectivity index (χ1) is 4.61. The summed E-state index contributed by atoms with van der Waals surface area (Å²) in [5.41, 5.74) is 0.377. The lowest BCUT2D eigenvalue weighted by Crippen LogP contribution is -1.96. The monoisotopic (exact) mass is 203 g/mol. The van der Waals surface area contributed by atoms with E-state index in [1.54, 1.807) is 7.05 Å². The first kappa shape index (κ1) is 7.40. The van der Waals surface area contributed by atoms with Gasteiger partial charge >= 0.3 is 0 Å². The summed E-state index contributed by atoms with van der Waals surface area (Å²) < 4.78 is 0.502. The van der Waals surface area contributed by atoms with E-state index in [-0.39, 0.29) is 5.78 Å². The molecule has 0 amide bonds. The van der Waals surface area contributed by atoms with Gasteiger partial charge in [-0.1, -0.05) is 0 Å². The van der Waals surface area contributed by atoms with Crippen molar-refractivity contribution in [3.63, 3.8) is 0 Å². The molecule has 4 nitrogen and oxygen atoms in total. The Morgan fingerprint density at radius 3 is 2.40 bits per heavy atom. The van der Waals surface area contributed by atoms with Crippen LogP contribution in [0.1, 0.15) is 17.4 Å². The number of aromatic nitrogens is 3. The molecule has 10 heavy (non-hydrogen) atoms. The van der Waals surface area contributed by atoms with Crippen LogP contribution in [0.3, 0.4) is 0 Å². The standard InChI is InChI=1S/C5H6BrN3O/c1-3(10)4-5(6)8-9(2)7-4/h1-2H3. The second-order valence-electron chi connectivity index (χ2n) is 1.89. The van der Waals surface area contributed by atoms with Crippen molar-refractivity contribution >= 4 is 21.7 Å². The molecule has 0 spiro atoms. The number of halogens is 1. The van der Waals surface area contributed by atoms with Crippen LogP contribution in [-0.4, -0.2) is 20.8 Å². The molecule has 0 fully saturated rings. The quantitative estimate of drug-likeness (QED) is 0.635. The highest BCUT2D eigenvalue weighted by Gasteiger charge is 2.09.